The first-order valence-corrected chi connectivity index (χ1v) is 44.0. The van der Waals surface area contributed by atoms with E-state index in [9.17, 15) is 111 Å². The van der Waals surface area contributed by atoms with Crippen molar-refractivity contribution in [1.82, 2.24) is 5.32 Å². The van der Waals surface area contributed by atoms with E-state index in [1.54, 1.807) is 30.3 Å². The van der Waals surface area contributed by atoms with Gasteiger partial charge in [-0.1, -0.05) is 90.4 Å². The molecule has 8 heterocycles. The zero-order valence-corrected chi connectivity index (χ0v) is 72.8. The molecule has 0 aromatic heterocycles. The molecule has 20 N–H and O–H groups in total. The number of amides is 1. The Balaban J connectivity index is 0.737. The van der Waals surface area contributed by atoms with E-state index in [0.717, 1.165) is 18.6 Å². The number of ether oxygens (including phenoxy) is 18. The smallest absolute Gasteiger partial charge is 0.331 e. The minimum Gasteiger partial charge on any atom is -0.463 e. The van der Waals surface area contributed by atoms with Crippen molar-refractivity contribution in [3.05, 3.63) is 53.6 Å². The molecule has 0 unspecified atom stereocenters. The highest BCUT2D eigenvalue weighted by atomic mass is 16.8. The van der Waals surface area contributed by atoms with Crippen LogP contribution in [0.2, 0.25) is 0 Å². The first-order chi connectivity index (χ1) is 60.3. The third-order valence-corrected chi connectivity index (χ3v) is 30.1. The molecule has 128 heavy (non-hydrogen) atoms. The van der Waals surface area contributed by atoms with Gasteiger partial charge in [-0.25, -0.2) is 4.79 Å². The number of aliphatic hydroxyl groups is 19. The standard InChI is InChI=1S/C86H129NO41/c1-36(90)87-53-57(101)66(125-75-60(104)58(102)56(100)45(27-88)118-75)47(33-116-72-62(106)64(43(94)30-112-72)123-73-59(103)54(98)41(92)28-113-73)119-71(53)121-51-20-21-82(7)48(81(51,5)6)19-22-83(8)49(82)17-16-39-40-25-80(3,4)23-24-86(40,50(96)26-84(39,83)9)79(109)128-77-69(127-74-63(107)65(44(95)31-114-74)124-78-70(108)85(110,34-89)35-117-78)61(105)67(46(120-77)32-111-37(2)91)126-76-68(55(99)42(93)29-115-76)122-52(97)18-15-38-13-11-10-12-14-38/h10-16,18,40-51,53-78,88-89,92-96,98-108,110H,17,19-35H2,1-9H3,(H,87,90)/t40-,41+,42+,43-,44+,45+,46+,47+,48-,49+,50+,51-,53+,54-,55-,56+,57+,58-,59+,60+,61-,62+,63+,64-,65-,66+,67+,68+,69+,70-,71-,72-,73-,74-,75-,76-,77-,78-,82-,83+,84+,85+,86+/m0/s1. The Morgan fingerprint density at radius 1 is 0.508 bits per heavy atom. The maximum atomic E-state index is 16.4. The van der Waals surface area contributed by atoms with Gasteiger partial charge < -0.3 is 188 Å². The van der Waals surface area contributed by atoms with E-state index in [2.05, 4.69) is 59.9 Å². The number of benzene rings is 1. The lowest BCUT2D eigenvalue weighted by Crippen LogP contribution is -2.69. The van der Waals surface area contributed by atoms with Gasteiger partial charge in [0, 0.05) is 19.9 Å². The number of esters is 3. The Morgan fingerprint density at radius 3 is 1.74 bits per heavy atom. The first kappa shape index (κ1) is 99.2. The van der Waals surface area contributed by atoms with Crippen LogP contribution >= 0.6 is 0 Å². The summed E-state index contributed by atoms with van der Waals surface area (Å²) in [6, 6.07) is 7.12. The monoisotopic (exact) mass is 1830 g/mol. The number of rotatable bonds is 25. The van der Waals surface area contributed by atoms with Crippen molar-refractivity contribution < 1.29 is 201 Å². The summed E-state index contributed by atoms with van der Waals surface area (Å²) in [4.78, 5) is 56.2. The Bertz CT molecular complexity index is 4020. The van der Waals surface area contributed by atoms with E-state index in [1.807, 2.05) is 0 Å². The van der Waals surface area contributed by atoms with Crippen LogP contribution in [-0.2, 0) is 104 Å². The number of nitrogens with one attached hydrogen (secondary N) is 1. The fourth-order valence-corrected chi connectivity index (χ4v) is 22.7. The van der Waals surface area contributed by atoms with Crippen molar-refractivity contribution in [2.45, 2.75) is 341 Å². The fraction of sp³-hybridized carbons (Fsp3) is 0.837. The highest BCUT2D eigenvalue weighted by molar-refractivity contribution is 5.87. The second-order valence-corrected chi connectivity index (χ2v) is 39.1. The second kappa shape index (κ2) is 39.1. The van der Waals surface area contributed by atoms with Gasteiger partial charge >= 0.3 is 17.9 Å². The molecule has 43 atom stereocenters. The van der Waals surface area contributed by atoms with Crippen LogP contribution in [0.3, 0.4) is 0 Å². The number of aliphatic hydroxyl groups excluding tert-OH is 18. The van der Waals surface area contributed by atoms with Gasteiger partial charge in [0.2, 0.25) is 12.2 Å². The normalized spacial score (nSPS) is 48.9. The summed E-state index contributed by atoms with van der Waals surface area (Å²) in [5.41, 5.74) is -5.77. The number of carbonyl (C=O) groups excluding carboxylic acids is 4. The summed E-state index contributed by atoms with van der Waals surface area (Å²) in [5, 5.41) is 217. The third kappa shape index (κ3) is 18.9. The first-order valence-electron chi connectivity index (χ1n) is 44.0. The van der Waals surface area contributed by atoms with Crippen LogP contribution in [0.25, 0.3) is 6.08 Å². The number of carbonyl (C=O) groups is 4. The summed E-state index contributed by atoms with van der Waals surface area (Å²) in [6.45, 7) is 10.9. The number of hydrogen-bond donors (Lipinski definition) is 20. The number of fused-ring (bicyclic) bond motifs is 7. The molecule has 42 nitrogen and oxygen atoms in total. The molecule has 42 heteroatoms. The zero-order chi connectivity index (χ0) is 92.7. The second-order valence-electron chi connectivity index (χ2n) is 39.1. The van der Waals surface area contributed by atoms with Crippen LogP contribution in [0, 0.1) is 50.2 Å². The van der Waals surface area contributed by atoms with Crippen LogP contribution in [0.1, 0.15) is 126 Å². The summed E-state index contributed by atoms with van der Waals surface area (Å²) in [7, 11) is 0. The van der Waals surface area contributed by atoms with Crippen LogP contribution < -0.4 is 5.32 Å². The molecule has 1 amide bonds. The average Bonchev–Trinajstić information content (AvgIpc) is 0.712. The van der Waals surface area contributed by atoms with E-state index in [1.165, 1.54) is 13.0 Å². The Hall–Kier alpha value is -4.78. The molecule has 1 aromatic carbocycles. The minimum absolute atomic E-state index is 0.0137. The molecule has 12 fully saturated rings. The van der Waals surface area contributed by atoms with Crippen LogP contribution in [-0.4, -0.2) is 401 Å². The van der Waals surface area contributed by atoms with Gasteiger partial charge in [-0.15, -0.1) is 0 Å². The SMILES string of the molecule is CC(=O)N[C@H]1[C@H](O[C@H]2CC[C@]3(C)[C@H]4CC=C5[C@@H]6CC(C)(C)CC[C@]6(C(=O)O[C@@H]6O[C@H](COC(C)=O)[C@@H](O[C@@H]7OC[C@@H](O)[C@H](O)[C@H]7OC(=O)C=Cc7ccccc7)[C@H](O)[C@H]6O[C@@H]6OC[C@@H](O)[C@H](O[C@@H]7OC[C@](O)(CO)[C@H]7O)[C@H]6O)[C@H](O)C[C@@]5(C)[C@]4(C)CC[C@H]3C2(C)C)O[C@H](CO[C@@H]2OC[C@H](O)[C@H](O[C@@H]3OC[C@@H](O)[C@H](O)[C@H]3O)[C@H]2O)[C@@H](O[C@@H]2O[C@H](CO)[C@@H](O)[C@H](O)[C@H]2O)[C@@H]1O. The highest BCUT2D eigenvalue weighted by Gasteiger charge is 2.73. The van der Waals surface area contributed by atoms with Crippen LogP contribution in [0.4, 0.5) is 0 Å². The van der Waals surface area contributed by atoms with Crippen molar-refractivity contribution in [3.8, 4) is 0 Å². The van der Waals surface area contributed by atoms with Crippen LogP contribution in [0.5, 0.6) is 0 Å². The summed E-state index contributed by atoms with van der Waals surface area (Å²) in [5.74, 6) is -4.60. The van der Waals surface area contributed by atoms with Gasteiger partial charge in [-0.05, 0) is 114 Å². The Morgan fingerprint density at radius 2 is 1.09 bits per heavy atom. The van der Waals surface area contributed by atoms with Gasteiger partial charge in [0.1, 0.15) is 158 Å². The lowest BCUT2D eigenvalue weighted by atomic mass is 9.33. The molecule has 0 bridgehead atoms. The summed E-state index contributed by atoms with van der Waals surface area (Å²) in [6.07, 6.45) is -52.2. The third-order valence-electron chi connectivity index (χ3n) is 30.1. The molecule has 1 aromatic rings. The number of hydrogen-bond acceptors (Lipinski definition) is 41. The predicted molar refractivity (Wildman–Crippen MR) is 425 cm³/mol. The van der Waals surface area contributed by atoms with Gasteiger partial charge in [0.25, 0.3) is 0 Å². The molecular weight excluding hydrogens is 1700 g/mol. The molecule has 0 radical (unpaired) electrons. The van der Waals surface area contributed by atoms with Crippen molar-refractivity contribution in [1.29, 1.82) is 0 Å². The maximum absolute atomic E-state index is 16.4. The van der Waals surface area contributed by atoms with Gasteiger partial charge in [-0.3, -0.25) is 14.4 Å². The van der Waals surface area contributed by atoms with Crippen molar-refractivity contribution in [2.24, 2.45) is 50.2 Å². The van der Waals surface area contributed by atoms with Gasteiger partial charge in [0.15, 0.2) is 56.2 Å². The molecule has 5 aliphatic carbocycles. The Labute approximate surface area is 738 Å². The zero-order valence-electron chi connectivity index (χ0n) is 72.8. The lowest BCUT2D eigenvalue weighted by Gasteiger charge is -2.72. The Kier molecular flexibility index (Phi) is 30.3. The molecule has 8 aliphatic heterocycles. The van der Waals surface area contributed by atoms with E-state index in [0.29, 0.717) is 50.5 Å². The van der Waals surface area contributed by atoms with E-state index >= 15 is 4.79 Å². The quantitative estimate of drug-likeness (QED) is 0.0143. The molecule has 8 saturated heterocycles. The van der Waals surface area contributed by atoms with E-state index in [4.69, 9.17) is 85.3 Å². The van der Waals surface area contributed by atoms with Crippen LogP contribution in [0.15, 0.2) is 48.1 Å². The minimum atomic E-state index is -2.22. The van der Waals surface area contributed by atoms with E-state index < -0.39 is 342 Å². The molecule has 4 saturated carbocycles. The fourth-order valence-electron chi connectivity index (χ4n) is 22.7. The van der Waals surface area contributed by atoms with E-state index in [-0.39, 0.29) is 24.7 Å². The van der Waals surface area contributed by atoms with Crippen molar-refractivity contribution in [3.63, 3.8) is 0 Å². The lowest BCUT2D eigenvalue weighted by molar-refractivity contribution is -0.377. The topological polar surface area (TPSA) is 631 Å². The average molecular weight is 1830 g/mol. The molecular formula is C86H129NO41. The molecule has 0 spiro atoms. The number of allylic oxidation sites excluding steroid dienone is 2. The van der Waals surface area contributed by atoms with Gasteiger partial charge in [-0.2, -0.15) is 0 Å². The molecule has 724 valence electrons. The molecule has 13 aliphatic rings. The van der Waals surface area contributed by atoms with Crippen molar-refractivity contribution >= 4 is 29.9 Å². The highest BCUT2D eigenvalue weighted by Crippen LogP contribution is 2.76. The largest absolute Gasteiger partial charge is 0.463 e. The maximum Gasteiger partial charge on any atom is 0.331 e. The van der Waals surface area contributed by atoms with Gasteiger partial charge in [0.05, 0.1) is 65.1 Å². The van der Waals surface area contributed by atoms with Crippen molar-refractivity contribution in [2.75, 3.05) is 59.5 Å². The predicted octanol–water partition coefficient (Wildman–Crippen LogP) is -5.59. The summed E-state index contributed by atoms with van der Waals surface area (Å²) < 4.78 is 109. The summed E-state index contributed by atoms with van der Waals surface area (Å²) >= 11 is 0. The molecule has 14 rings (SSSR count).